The summed E-state index contributed by atoms with van der Waals surface area (Å²) in [6, 6.07) is 17.2. The Hall–Kier alpha value is -3.52. The van der Waals surface area contributed by atoms with Crippen LogP contribution in [0, 0.1) is 0 Å². The molecule has 0 saturated heterocycles. The number of carbonyl (C=O) groups is 1. The van der Waals surface area contributed by atoms with Gasteiger partial charge in [0.15, 0.2) is 5.52 Å². The van der Waals surface area contributed by atoms with Crippen LogP contribution < -0.4 is 15.6 Å². The van der Waals surface area contributed by atoms with Gasteiger partial charge in [-0.3, -0.25) is 14.2 Å². The summed E-state index contributed by atoms with van der Waals surface area (Å²) in [7, 11) is 0. The van der Waals surface area contributed by atoms with Gasteiger partial charge in [-0.05, 0) is 48.6 Å². The van der Waals surface area contributed by atoms with Crippen LogP contribution in [0.1, 0.15) is 34.6 Å². The molecule has 2 aromatic carbocycles. The fraction of sp³-hybridized carbons (Fsp3) is 0.217. The van der Waals surface area contributed by atoms with Crippen LogP contribution in [-0.2, 0) is 13.1 Å². The molecular weight excluding hydrogens is 412 g/mol. The Morgan fingerprint density at radius 2 is 1.81 bits per heavy atom. The van der Waals surface area contributed by atoms with E-state index >= 15 is 0 Å². The molecule has 158 valence electrons. The van der Waals surface area contributed by atoms with Crippen molar-refractivity contribution in [2.24, 2.45) is 0 Å². The summed E-state index contributed by atoms with van der Waals surface area (Å²) in [4.78, 5) is 30.1. The smallest absolute Gasteiger partial charge is 0.281 e. The molecule has 8 heteroatoms. The molecule has 1 amide bonds. The van der Waals surface area contributed by atoms with Crippen LogP contribution in [0.3, 0.4) is 0 Å². The number of ether oxygens (including phenoxy) is 1. The van der Waals surface area contributed by atoms with Crippen molar-refractivity contribution in [1.29, 1.82) is 0 Å². The van der Waals surface area contributed by atoms with Crippen LogP contribution >= 0.6 is 11.5 Å². The number of hydrogen-bond acceptors (Lipinski definition) is 6. The lowest BCUT2D eigenvalue weighted by molar-refractivity contribution is 0.0956. The number of nitrogens with zero attached hydrogens (tertiary/aromatic N) is 3. The molecule has 0 bridgehead atoms. The second-order valence-electron chi connectivity index (χ2n) is 7.37. The van der Waals surface area contributed by atoms with E-state index in [0.29, 0.717) is 23.5 Å². The van der Waals surface area contributed by atoms with Crippen LogP contribution in [0.5, 0.6) is 5.75 Å². The topological polar surface area (TPSA) is 86.1 Å². The summed E-state index contributed by atoms with van der Waals surface area (Å²) in [6.45, 7) is 4.69. The predicted octanol–water partition coefficient (Wildman–Crippen LogP) is 3.62. The highest BCUT2D eigenvalue weighted by atomic mass is 32.1. The van der Waals surface area contributed by atoms with E-state index in [-0.39, 0.29) is 23.1 Å². The third kappa shape index (κ3) is 4.80. The number of hydrogen-bond donors (Lipinski definition) is 1. The van der Waals surface area contributed by atoms with Crippen LogP contribution in [-0.4, -0.2) is 25.9 Å². The second-order valence-corrected chi connectivity index (χ2v) is 8.14. The zero-order valence-electron chi connectivity index (χ0n) is 17.2. The van der Waals surface area contributed by atoms with Gasteiger partial charge in [0.05, 0.1) is 19.0 Å². The molecular formula is C23H22N4O3S. The molecule has 2 heterocycles. The van der Waals surface area contributed by atoms with Crippen LogP contribution in [0.4, 0.5) is 0 Å². The molecule has 4 rings (SSSR count). The summed E-state index contributed by atoms with van der Waals surface area (Å²) in [5.41, 5.74) is 2.21. The minimum atomic E-state index is -0.303. The number of fused-ring (bicyclic) bond motifs is 1. The monoisotopic (exact) mass is 434 g/mol. The maximum absolute atomic E-state index is 12.8. The first kappa shape index (κ1) is 20.7. The van der Waals surface area contributed by atoms with Crippen molar-refractivity contribution in [3.05, 3.63) is 87.3 Å². The molecule has 0 unspecified atom stereocenters. The molecule has 0 saturated carbocycles. The normalized spacial score (nSPS) is 11.1. The predicted molar refractivity (Wildman–Crippen MR) is 121 cm³/mol. The first-order valence-electron chi connectivity index (χ1n) is 9.94. The standard InChI is InChI=1S/C23H22N4O3S/c1-15(2)30-18-10-8-16(9-11-18)12-24-22(28)21-19-20(26-31-21)23(29)27(14-25-19)13-17-6-4-3-5-7-17/h3-11,14-15H,12-13H2,1-2H3,(H,24,28). The Bertz CT molecular complexity index is 1250. The lowest BCUT2D eigenvalue weighted by Gasteiger charge is -2.10. The summed E-state index contributed by atoms with van der Waals surface area (Å²) in [5.74, 6) is 0.484. The van der Waals surface area contributed by atoms with Gasteiger partial charge in [-0.2, -0.15) is 4.37 Å². The van der Waals surface area contributed by atoms with Crippen molar-refractivity contribution in [3.63, 3.8) is 0 Å². The van der Waals surface area contributed by atoms with Gasteiger partial charge in [0.25, 0.3) is 11.5 Å². The van der Waals surface area contributed by atoms with Gasteiger partial charge >= 0.3 is 0 Å². The van der Waals surface area contributed by atoms with E-state index in [1.807, 2.05) is 68.4 Å². The molecule has 2 aromatic heterocycles. The maximum atomic E-state index is 12.8. The van der Waals surface area contributed by atoms with E-state index < -0.39 is 0 Å². The molecule has 0 atom stereocenters. The number of benzene rings is 2. The summed E-state index contributed by atoms with van der Waals surface area (Å²) >= 11 is 0.987. The minimum Gasteiger partial charge on any atom is -0.491 e. The molecule has 0 fully saturated rings. The SMILES string of the molecule is CC(C)Oc1ccc(CNC(=O)c2snc3c(=O)n(Cc4ccccc4)cnc23)cc1. The van der Waals surface area contributed by atoms with Gasteiger partial charge in [0, 0.05) is 6.54 Å². The van der Waals surface area contributed by atoms with Gasteiger partial charge in [-0.25, -0.2) is 4.98 Å². The van der Waals surface area contributed by atoms with Crippen LogP contribution in [0.15, 0.2) is 65.7 Å². The Kier molecular flexibility index (Phi) is 6.08. The van der Waals surface area contributed by atoms with E-state index in [4.69, 9.17) is 4.74 Å². The van der Waals surface area contributed by atoms with Gasteiger partial charge in [0.2, 0.25) is 0 Å². The highest BCUT2D eigenvalue weighted by Crippen LogP contribution is 2.18. The van der Waals surface area contributed by atoms with E-state index in [0.717, 1.165) is 28.4 Å². The summed E-state index contributed by atoms with van der Waals surface area (Å²) in [5, 5.41) is 2.87. The van der Waals surface area contributed by atoms with Crippen LogP contribution in [0.2, 0.25) is 0 Å². The zero-order valence-corrected chi connectivity index (χ0v) is 18.1. The quantitative estimate of drug-likeness (QED) is 0.480. The fourth-order valence-corrected chi connectivity index (χ4v) is 3.86. The van der Waals surface area contributed by atoms with Gasteiger partial charge in [-0.1, -0.05) is 42.5 Å². The third-order valence-electron chi connectivity index (χ3n) is 4.61. The molecule has 7 nitrogen and oxygen atoms in total. The van der Waals surface area contributed by atoms with Crippen molar-refractivity contribution in [1.82, 2.24) is 19.2 Å². The second kappa shape index (κ2) is 9.09. The summed E-state index contributed by atoms with van der Waals surface area (Å²) in [6.07, 6.45) is 1.57. The van der Waals surface area contributed by atoms with Gasteiger partial charge in [0.1, 0.15) is 16.1 Å². The van der Waals surface area contributed by atoms with E-state index in [9.17, 15) is 9.59 Å². The molecule has 0 aliphatic rings. The van der Waals surface area contributed by atoms with Gasteiger partial charge < -0.3 is 10.1 Å². The van der Waals surface area contributed by atoms with Gasteiger partial charge in [-0.15, -0.1) is 0 Å². The number of rotatable bonds is 7. The highest BCUT2D eigenvalue weighted by Gasteiger charge is 2.18. The van der Waals surface area contributed by atoms with Crippen molar-refractivity contribution in [3.8, 4) is 5.75 Å². The Labute approximate surface area is 183 Å². The fourth-order valence-electron chi connectivity index (χ4n) is 3.12. The molecule has 0 radical (unpaired) electrons. The number of carbonyl (C=O) groups excluding carboxylic acids is 1. The average Bonchev–Trinajstić information content (AvgIpc) is 3.20. The van der Waals surface area contributed by atoms with Crippen molar-refractivity contribution >= 4 is 28.5 Å². The van der Waals surface area contributed by atoms with Crippen LogP contribution in [0.25, 0.3) is 11.0 Å². The summed E-state index contributed by atoms with van der Waals surface area (Å²) < 4.78 is 11.3. The third-order valence-corrected chi connectivity index (χ3v) is 5.44. The number of aromatic nitrogens is 3. The number of nitrogens with one attached hydrogen (secondary N) is 1. The first-order valence-corrected chi connectivity index (χ1v) is 10.7. The Balaban J connectivity index is 1.47. The lowest BCUT2D eigenvalue weighted by Crippen LogP contribution is -2.24. The van der Waals surface area contributed by atoms with E-state index in [1.165, 1.54) is 10.9 Å². The average molecular weight is 435 g/mol. The van der Waals surface area contributed by atoms with E-state index in [1.54, 1.807) is 0 Å². The minimum absolute atomic E-state index is 0.106. The van der Waals surface area contributed by atoms with E-state index in [2.05, 4.69) is 14.7 Å². The molecule has 31 heavy (non-hydrogen) atoms. The molecule has 1 N–H and O–H groups in total. The zero-order chi connectivity index (χ0) is 21.8. The molecule has 4 aromatic rings. The molecule has 0 spiro atoms. The highest BCUT2D eigenvalue weighted by molar-refractivity contribution is 7.09. The molecule has 0 aliphatic carbocycles. The van der Waals surface area contributed by atoms with Crippen molar-refractivity contribution < 1.29 is 9.53 Å². The van der Waals surface area contributed by atoms with Crippen molar-refractivity contribution in [2.75, 3.05) is 0 Å². The largest absolute Gasteiger partial charge is 0.491 e. The molecule has 0 aliphatic heterocycles. The Morgan fingerprint density at radius 1 is 1.06 bits per heavy atom. The lowest BCUT2D eigenvalue weighted by atomic mass is 10.2. The Morgan fingerprint density at radius 3 is 2.52 bits per heavy atom. The number of amides is 1. The maximum Gasteiger partial charge on any atom is 0.281 e. The first-order chi connectivity index (χ1) is 15.0. The van der Waals surface area contributed by atoms with Crippen molar-refractivity contribution in [2.45, 2.75) is 33.0 Å².